The van der Waals surface area contributed by atoms with Gasteiger partial charge in [-0.05, 0) is 89.0 Å². The molecule has 0 bridgehead atoms. The number of morpholine rings is 1. The molecule has 0 aliphatic carbocycles. The third kappa shape index (κ3) is 8.16. The van der Waals surface area contributed by atoms with Crippen LogP contribution in [0, 0.1) is 0 Å². The number of methoxy groups -OCH3 is 1. The lowest BCUT2D eigenvalue weighted by molar-refractivity contribution is -0.122. The van der Waals surface area contributed by atoms with Crippen molar-refractivity contribution in [2.45, 2.75) is 6.42 Å². The van der Waals surface area contributed by atoms with Gasteiger partial charge in [-0.25, -0.2) is 4.79 Å². The predicted molar refractivity (Wildman–Crippen MR) is 192 cm³/mol. The second-order valence-electron chi connectivity index (χ2n) is 11.3. The largest absolute Gasteiger partial charge is 0.497 e. The maximum atomic E-state index is 13.6. The summed E-state index contributed by atoms with van der Waals surface area (Å²) >= 11 is 6.89. The number of nitrogens with zero attached hydrogens (tertiary/aromatic N) is 2. The Hall–Kier alpha value is -4.42. The van der Waals surface area contributed by atoms with E-state index in [1.54, 1.807) is 24.1 Å². The van der Waals surface area contributed by atoms with Gasteiger partial charge in [0.1, 0.15) is 28.2 Å². The zero-order valence-electron chi connectivity index (χ0n) is 26.6. The van der Waals surface area contributed by atoms with E-state index in [0.29, 0.717) is 46.9 Å². The summed E-state index contributed by atoms with van der Waals surface area (Å²) in [5.41, 5.74) is 3.05. The number of aromatic carboxylic acids is 1. The Morgan fingerprint density at radius 2 is 1.60 bits per heavy atom. The first-order chi connectivity index (χ1) is 23.4. The third-order valence-electron chi connectivity index (χ3n) is 8.22. The summed E-state index contributed by atoms with van der Waals surface area (Å²) in [6.45, 7) is 5.27. The van der Waals surface area contributed by atoms with Gasteiger partial charge in [0.05, 0.1) is 37.4 Å². The van der Waals surface area contributed by atoms with Crippen LogP contribution in [-0.2, 0) is 9.53 Å². The van der Waals surface area contributed by atoms with E-state index in [4.69, 9.17) is 36.3 Å². The van der Waals surface area contributed by atoms with Crippen LogP contribution < -0.4 is 14.2 Å². The lowest BCUT2D eigenvalue weighted by Crippen LogP contribution is -2.38. The summed E-state index contributed by atoms with van der Waals surface area (Å²) in [6, 6.07) is 24.7. The van der Waals surface area contributed by atoms with Gasteiger partial charge in [-0.2, -0.15) is 0 Å². The zero-order chi connectivity index (χ0) is 33.5. The second kappa shape index (κ2) is 15.7. The summed E-state index contributed by atoms with van der Waals surface area (Å²) in [7, 11) is 1.66. The van der Waals surface area contributed by atoms with Crippen LogP contribution in [-0.4, -0.2) is 90.8 Å². The maximum Gasteiger partial charge on any atom is 0.335 e. The van der Waals surface area contributed by atoms with Gasteiger partial charge in [0.15, 0.2) is 0 Å². The van der Waals surface area contributed by atoms with Crippen LogP contribution >= 0.6 is 24.0 Å². The van der Waals surface area contributed by atoms with E-state index in [1.165, 1.54) is 23.9 Å². The van der Waals surface area contributed by atoms with Crippen LogP contribution in [0.4, 0.5) is 0 Å². The molecule has 2 fully saturated rings. The lowest BCUT2D eigenvalue weighted by Gasteiger charge is -2.26. The van der Waals surface area contributed by atoms with Crippen LogP contribution in [0.25, 0.3) is 28.0 Å². The van der Waals surface area contributed by atoms with Crippen molar-refractivity contribution >= 4 is 57.0 Å². The quantitative estimate of drug-likeness (QED) is 0.0944. The number of carboxylic acid groups (broad SMARTS) is 1. The fourth-order valence-electron chi connectivity index (χ4n) is 5.55. The minimum atomic E-state index is -0.988. The number of hydrogen-bond acceptors (Lipinski definition) is 9. The first-order valence-electron chi connectivity index (χ1n) is 15.7. The highest BCUT2D eigenvalue weighted by Crippen LogP contribution is 2.36. The molecule has 6 rings (SSSR count). The Labute approximate surface area is 289 Å². The number of rotatable bonds is 13. The molecule has 0 radical (unpaired) electrons. The highest BCUT2D eigenvalue weighted by molar-refractivity contribution is 8.26. The monoisotopic (exact) mass is 684 g/mol. The standard InChI is InChI=1S/C37H36N2O7S2/c1-43-32-11-7-27-21-26(3-4-29(27)23-32)28-8-12-33(46-20-16-38-14-18-44-19-15-38)30(22-28)24-34-35(40)39(37(47)48-34)13-2-17-45-31-9-5-25(6-10-31)36(41)42/h3-12,21-24H,2,13-20H2,1H3,(H,41,42). The highest BCUT2D eigenvalue weighted by Gasteiger charge is 2.32. The molecule has 0 unspecified atom stereocenters. The van der Waals surface area contributed by atoms with Crippen LogP contribution in [0.15, 0.2) is 83.8 Å². The van der Waals surface area contributed by atoms with Crippen molar-refractivity contribution in [1.82, 2.24) is 9.80 Å². The Kier molecular flexibility index (Phi) is 10.9. The van der Waals surface area contributed by atoms with Gasteiger partial charge in [-0.15, -0.1) is 0 Å². The molecule has 2 aliphatic rings. The molecule has 0 saturated carbocycles. The molecule has 0 atom stereocenters. The number of ether oxygens (including phenoxy) is 4. The molecule has 1 amide bonds. The van der Waals surface area contributed by atoms with Gasteiger partial charge < -0.3 is 24.1 Å². The molecule has 11 heteroatoms. The van der Waals surface area contributed by atoms with Crippen LogP contribution in [0.5, 0.6) is 17.2 Å². The van der Waals surface area contributed by atoms with Gasteiger partial charge >= 0.3 is 5.97 Å². The number of hydrogen-bond donors (Lipinski definition) is 1. The van der Waals surface area contributed by atoms with Gasteiger partial charge in [-0.3, -0.25) is 14.6 Å². The Bertz CT molecular complexity index is 1840. The number of fused-ring (bicyclic) bond motifs is 1. The van der Waals surface area contributed by atoms with E-state index < -0.39 is 5.97 Å². The molecule has 0 spiro atoms. The van der Waals surface area contributed by atoms with E-state index in [9.17, 15) is 9.59 Å². The maximum absolute atomic E-state index is 13.6. The highest BCUT2D eigenvalue weighted by atomic mass is 32.2. The number of carbonyl (C=O) groups excluding carboxylic acids is 1. The van der Waals surface area contributed by atoms with E-state index in [-0.39, 0.29) is 11.5 Å². The van der Waals surface area contributed by atoms with Crippen molar-refractivity contribution in [3.05, 3.63) is 94.9 Å². The van der Waals surface area contributed by atoms with Crippen molar-refractivity contribution in [2.24, 2.45) is 0 Å². The number of carbonyl (C=O) groups is 2. The van der Waals surface area contributed by atoms with Gasteiger partial charge in [0.25, 0.3) is 5.91 Å². The minimum Gasteiger partial charge on any atom is -0.497 e. The number of carboxylic acids is 1. The van der Waals surface area contributed by atoms with E-state index in [0.717, 1.165) is 66.1 Å². The van der Waals surface area contributed by atoms with Gasteiger partial charge in [0.2, 0.25) is 0 Å². The number of amides is 1. The van der Waals surface area contributed by atoms with E-state index >= 15 is 0 Å². The summed E-state index contributed by atoms with van der Waals surface area (Å²) in [5, 5.41) is 11.3. The SMILES string of the molecule is COc1ccc2cc(-c3ccc(OCCN4CCOCC4)c(C=C4SC(=S)N(CCCOc5ccc(C(=O)O)cc5)C4=O)c3)ccc2c1. The Morgan fingerprint density at radius 1 is 0.896 bits per heavy atom. The van der Waals surface area contributed by atoms with Crippen molar-refractivity contribution in [3.63, 3.8) is 0 Å². The minimum absolute atomic E-state index is 0.153. The van der Waals surface area contributed by atoms with Crippen molar-refractivity contribution in [1.29, 1.82) is 0 Å². The van der Waals surface area contributed by atoms with Gasteiger partial charge in [0, 0.05) is 31.7 Å². The normalized spacial score (nSPS) is 16.1. The molecule has 48 heavy (non-hydrogen) atoms. The molecule has 2 heterocycles. The van der Waals surface area contributed by atoms with Crippen molar-refractivity contribution in [3.8, 4) is 28.4 Å². The van der Waals surface area contributed by atoms with Crippen LogP contribution in [0.2, 0.25) is 0 Å². The molecule has 2 saturated heterocycles. The van der Waals surface area contributed by atoms with Gasteiger partial charge in [-0.1, -0.05) is 48.2 Å². The lowest BCUT2D eigenvalue weighted by atomic mass is 9.99. The van der Waals surface area contributed by atoms with Crippen molar-refractivity contribution < 1.29 is 33.6 Å². The Morgan fingerprint density at radius 3 is 2.38 bits per heavy atom. The molecular weight excluding hydrogens is 649 g/mol. The fourth-order valence-corrected chi connectivity index (χ4v) is 6.85. The topological polar surface area (TPSA) is 97.8 Å². The van der Waals surface area contributed by atoms with Crippen LogP contribution in [0.1, 0.15) is 22.3 Å². The molecule has 1 N–H and O–H groups in total. The molecule has 0 aromatic heterocycles. The zero-order valence-corrected chi connectivity index (χ0v) is 28.2. The first kappa shape index (κ1) is 33.5. The van der Waals surface area contributed by atoms with E-state index in [2.05, 4.69) is 29.2 Å². The van der Waals surface area contributed by atoms with E-state index in [1.807, 2.05) is 36.4 Å². The Balaban J connectivity index is 1.18. The molecule has 2 aliphatic heterocycles. The molecule has 248 valence electrons. The predicted octanol–water partition coefficient (Wildman–Crippen LogP) is 6.59. The smallest absolute Gasteiger partial charge is 0.335 e. The number of thioether (sulfide) groups is 1. The molecular formula is C37H36N2O7S2. The molecule has 4 aromatic rings. The second-order valence-corrected chi connectivity index (χ2v) is 13.0. The number of benzene rings is 4. The summed E-state index contributed by atoms with van der Waals surface area (Å²) in [4.78, 5) is 29.1. The first-order valence-corrected chi connectivity index (χ1v) is 17.0. The molecule has 9 nitrogen and oxygen atoms in total. The summed E-state index contributed by atoms with van der Waals surface area (Å²) in [5.74, 6) is 0.938. The number of thiocarbonyl (C=S) groups is 1. The third-order valence-corrected chi connectivity index (χ3v) is 9.59. The molecule has 4 aromatic carbocycles. The van der Waals surface area contributed by atoms with Crippen molar-refractivity contribution in [2.75, 3.05) is 59.7 Å². The average molecular weight is 685 g/mol. The average Bonchev–Trinajstić information content (AvgIpc) is 3.38. The van der Waals surface area contributed by atoms with Crippen LogP contribution in [0.3, 0.4) is 0 Å². The fraction of sp³-hybridized carbons (Fsp3) is 0.270. The summed E-state index contributed by atoms with van der Waals surface area (Å²) in [6.07, 6.45) is 2.43. The summed E-state index contributed by atoms with van der Waals surface area (Å²) < 4.78 is 23.4.